The molecule has 2 aromatic rings. The number of hydrogen-bond acceptors (Lipinski definition) is 2. The van der Waals surface area contributed by atoms with Crippen molar-refractivity contribution >= 4 is 33.5 Å². The Hall–Kier alpha value is -2.07. The molecule has 0 aliphatic rings. The lowest BCUT2D eigenvalue weighted by molar-refractivity contribution is -0.130. The van der Waals surface area contributed by atoms with E-state index >= 15 is 0 Å². The van der Waals surface area contributed by atoms with Gasteiger partial charge in [-0.2, -0.15) is 0 Å². The van der Waals surface area contributed by atoms with Gasteiger partial charge in [0.2, 0.25) is 0 Å². The zero-order valence-electron chi connectivity index (χ0n) is 11.5. The van der Waals surface area contributed by atoms with Crippen LogP contribution in [0.25, 0.3) is 11.6 Å². The van der Waals surface area contributed by atoms with Crippen LogP contribution in [0.1, 0.15) is 18.1 Å². The minimum atomic E-state index is -0.953. The molecule has 0 heterocycles. The Bertz CT molecular complexity index is 663. The molecule has 0 saturated carbocycles. The van der Waals surface area contributed by atoms with Crippen LogP contribution in [-0.4, -0.2) is 17.7 Å². The molecule has 0 amide bonds. The number of aliphatic carboxylic acids is 1. The summed E-state index contributed by atoms with van der Waals surface area (Å²) in [5.74, 6) is -0.211. The van der Waals surface area contributed by atoms with Crippen molar-refractivity contribution in [1.29, 1.82) is 0 Å². The maximum atomic E-state index is 11.5. The molecule has 3 nitrogen and oxygen atoms in total. The molecule has 1 N–H and O–H groups in total. The summed E-state index contributed by atoms with van der Waals surface area (Å²) in [6.07, 6.45) is 1.65. The van der Waals surface area contributed by atoms with Crippen molar-refractivity contribution < 1.29 is 14.6 Å². The van der Waals surface area contributed by atoms with E-state index in [4.69, 9.17) is 4.74 Å². The van der Waals surface area contributed by atoms with Crippen LogP contribution in [-0.2, 0) is 4.79 Å². The number of rotatable bonds is 5. The summed E-state index contributed by atoms with van der Waals surface area (Å²) in [7, 11) is 0. The second-order valence-electron chi connectivity index (χ2n) is 4.35. The minimum Gasteiger partial charge on any atom is -0.493 e. The van der Waals surface area contributed by atoms with E-state index < -0.39 is 5.97 Å². The fourth-order valence-corrected chi connectivity index (χ4v) is 2.44. The van der Waals surface area contributed by atoms with Gasteiger partial charge in [-0.3, -0.25) is 0 Å². The summed E-state index contributed by atoms with van der Waals surface area (Å²) in [5, 5.41) is 9.39. The highest BCUT2D eigenvalue weighted by atomic mass is 79.9. The number of carboxylic acid groups (broad SMARTS) is 1. The van der Waals surface area contributed by atoms with Gasteiger partial charge in [-0.1, -0.05) is 36.4 Å². The first-order valence-corrected chi connectivity index (χ1v) is 7.34. The van der Waals surface area contributed by atoms with Crippen LogP contribution in [0.3, 0.4) is 0 Å². The largest absolute Gasteiger partial charge is 0.493 e. The predicted octanol–water partition coefficient (Wildman–Crippen LogP) is 4.47. The Morgan fingerprint density at radius 1 is 1.24 bits per heavy atom. The van der Waals surface area contributed by atoms with Gasteiger partial charge >= 0.3 is 5.97 Å². The second-order valence-corrected chi connectivity index (χ2v) is 5.21. The first-order valence-electron chi connectivity index (χ1n) is 6.54. The SMILES string of the molecule is CCOc1ccc(/C=C(\C(=O)O)c2ccccc2)cc1Br. The van der Waals surface area contributed by atoms with Crippen LogP contribution in [0.15, 0.2) is 53.0 Å². The van der Waals surface area contributed by atoms with Crippen LogP contribution in [0.2, 0.25) is 0 Å². The van der Waals surface area contributed by atoms with Gasteiger partial charge in [0, 0.05) is 0 Å². The van der Waals surface area contributed by atoms with Gasteiger partial charge in [0.05, 0.1) is 16.7 Å². The van der Waals surface area contributed by atoms with E-state index in [2.05, 4.69) is 15.9 Å². The molecule has 0 aromatic heterocycles. The first-order chi connectivity index (χ1) is 10.1. The molecule has 0 spiro atoms. The highest BCUT2D eigenvalue weighted by Gasteiger charge is 2.10. The molecule has 2 rings (SSSR count). The summed E-state index contributed by atoms with van der Waals surface area (Å²) in [6, 6.07) is 14.6. The minimum absolute atomic E-state index is 0.256. The van der Waals surface area contributed by atoms with Crippen molar-refractivity contribution in [2.24, 2.45) is 0 Å². The molecule has 0 bridgehead atoms. The molecule has 0 fully saturated rings. The third-order valence-corrected chi connectivity index (χ3v) is 3.50. The summed E-state index contributed by atoms with van der Waals surface area (Å²) in [4.78, 5) is 11.5. The lowest BCUT2D eigenvalue weighted by Gasteiger charge is -2.07. The number of benzene rings is 2. The molecule has 4 heteroatoms. The molecular weight excluding hydrogens is 332 g/mol. The summed E-state index contributed by atoms with van der Waals surface area (Å²) >= 11 is 3.43. The molecule has 21 heavy (non-hydrogen) atoms. The van der Waals surface area contributed by atoms with Crippen molar-refractivity contribution in [2.75, 3.05) is 6.61 Å². The Morgan fingerprint density at radius 2 is 1.95 bits per heavy atom. The smallest absolute Gasteiger partial charge is 0.336 e. The van der Waals surface area contributed by atoms with Gasteiger partial charge in [0.15, 0.2) is 0 Å². The molecule has 0 aliphatic carbocycles. The van der Waals surface area contributed by atoms with Gasteiger partial charge in [-0.05, 0) is 52.2 Å². The maximum absolute atomic E-state index is 11.5. The summed E-state index contributed by atoms with van der Waals surface area (Å²) < 4.78 is 6.25. The molecule has 0 unspecified atom stereocenters. The van der Waals surface area contributed by atoms with Crippen molar-refractivity contribution in [3.05, 3.63) is 64.1 Å². The average Bonchev–Trinajstić information content (AvgIpc) is 2.48. The van der Waals surface area contributed by atoms with Crippen LogP contribution < -0.4 is 4.74 Å². The highest BCUT2D eigenvalue weighted by Crippen LogP contribution is 2.28. The lowest BCUT2D eigenvalue weighted by Crippen LogP contribution is -1.99. The summed E-state index contributed by atoms with van der Waals surface area (Å²) in [5.41, 5.74) is 1.73. The standard InChI is InChI=1S/C17H15BrO3/c1-2-21-16-9-8-12(11-15(16)18)10-14(17(19)20)13-6-4-3-5-7-13/h3-11H,2H2,1H3,(H,19,20)/b14-10-. The second kappa shape index (κ2) is 7.09. The molecule has 0 aliphatic heterocycles. The van der Waals surface area contributed by atoms with E-state index in [9.17, 15) is 9.90 Å². The Balaban J connectivity index is 2.40. The quantitative estimate of drug-likeness (QED) is 0.641. The molecule has 0 atom stereocenters. The molecule has 108 valence electrons. The number of carbonyl (C=O) groups is 1. The first kappa shape index (κ1) is 15.3. The van der Waals surface area contributed by atoms with Gasteiger partial charge in [-0.15, -0.1) is 0 Å². The van der Waals surface area contributed by atoms with E-state index in [-0.39, 0.29) is 5.57 Å². The van der Waals surface area contributed by atoms with Crippen molar-refractivity contribution in [3.8, 4) is 5.75 Å². The summed E-state index contributed by atoms with van der Waals surface area (Å²) in [6.45, 7) is 2.50. The number of halogens is 1. The third kappa shape index (κ3) is 3.95. The maximum Gasteiger partial charge on any atom is 0.336 e. The van der Waals surface area contributed by atoms with E-state index in [1.165, 1.54) is 0 Å². The van der Waals surface area contributed by atoms with E-state index in [1.54, 1.807) is 18.2 Å². The van der Waals surface area contributed by atoms with Gasteiger partial charge < -0.3 is 9.84 Å². The third-order valence-electron chi connectivity index (χ3n) is 2.88. The fourth-order valence-electron chi connectivity index (χ4n) is 1.93. The normalized spacial score (nSPS) is 11.2. The number of ether oxygens (including phenoxy) is 1. The molecular formula is C17H15BrO3. The van der Waals surface area contributed by atoms with Crippen molar-refractivity contribution in [1.82, 2.24) is 0 Å². The highest BCUT2D eigenvalue weighted by molar-refractivity contribution is 9.10. The molecule has 0 radical (unpaired) electrons. The van der Waals surface area contributed by atoms with Crippen molar-refractivity contribution in [3.63, 3.8) is 0 Å². The molecule has 2 aromatic carbocycles. The molecule has 0 saturated heterocycles. The fraction of sp³-hybridized carbons (Fsp3) is 0.118. The monoisotopic (exact) mass is 346 g/mol. The van der Waals surface area contributed by atoms with E-state index in [0.717, 1.165) is 15.8 Å². The van der Waals surface area contributed by atoms with Crippen LogP contribution in [0, 0.1) is 0 Å². The zero-order chi connectivity index (χ0) is 15.2. The Kier molecular flexibility index (Phi) is 5.17. The number of hydrogen-bond donors (Lipinski definition) is 1. The number of carboxylic acids is 1. The Labute approximate surface area is 132 Å². The predicted molar refractivity (Wildman–Crippen MR) is 87.3 cm³/mol. The van der Waals surface area contributed by atoms with Gasteiger partial charge in [-0.25, -0.2) is 4.79 Å². The topological polar surface area (TPSA) is 46.5 Å². The van der Waals surface area contributed by atoms with Crippen LogP contribution >= 0.6 is 15.9 Å². The van der Waals surface area contributed by atoms with Gasteiger partial charge in [0.1, 0.15) is 5.75 Å². The Morgan fingerprint density at radius 3 is 2.52 bits per heavy atom. The van der Waals surface area contributed by atoms with E-state index in [0.29, 0.717) is 12.2 Å². The van der Waals surface area contributed by atoms with Crippen molar-refractivity contribution in [2.45, 2.75) is 6.92 Å². The van der Waals surface area contributed by atoms with Crippen LogP contribution in [0.4, 0.5) is 0 Å². The average molecular weight is 347 g/mol. The van der Waals surface area contributed by atoms with Crippen LogP contribution in [0.5, 0.6) is 5.75 Å². The van der Waals surface area contributed by atoms with Gasteiger partial charge in [0.25, 0.3) is 0 Å². The zero-order valence-corrected chi connectivity index (χ0v) is 13.1. The van der Waals surface area contributed by atoms with E-state index in [1.807, 2.05) is 43.3 Å². The lowest BCUT2D eigenvalue weighted by atomic mass is 10.0.